The van der Waals surface area contributed by atoms with Crippen molar-refractivity contribution >= 4 is 28.9 Å². The molecule has 0 unspecified atom stereocenters. The highest BCUT2D eigenvalue weighted by atomic mass is 32.1. The second-order valence-electron chi connectivity index (χ2n) is 5.21. The third-order valence-electron chi connectivity index (χ3n) is 3.30. The summed E-state index contributed by atoms with van der Waals surface area (Å²) in [5, 5.41) is 9.95. The molecule has 1 aromatic carbocycles. The van der Waals surface area contributed by atoms with Crippen LogP contribution in [0.5, 0.6) is 0 Å². The molecule has 9 heteroatoms. The smallest absolute Gasteiger partial charge is 0.306 e. The third-order valence-corrected chi connectivity index (χ3v) is 3.99. The van der Waals surface area contributed by atoms with Crippen LogP contribution in [0.1, 0.15) is 12.3 Å². The zero-order valence-electron chi connectivity index (χ0n) is 13.5. The van der Waals surface area contributed by atoms with E-state index in [0.29, 0.717) is 11.7 Å². The van der Waals surface area contributed by atoms with Crippen LogP contribution in [-0.4, -0.2) is 28.6 Å². The first-order chi connectivity index (χ1) is 12.6. The minimum atomic E-state index is -0.624. The van der Waals surface area contributed by atoms with E-state index in [1.54, 1.807) is 6.07 Å². The summed E-state index contributed by atoms with van der Waals surface area (Å²) in [7, 11) is 0. The number of aromatic nitrogens is 2. The number of hydrogen-bond donors (Lipinski definition) is 1. The van der Waals surface area contributed by atoms with Gasteiger partial charge in [-0.25, -0.2) is 4.39 Å². The number of thiophene rings is 1. The number of para-hydroxylation sites is 1. The molecule has 134 valence electrons. The van der Waals surface area contributed by atoms with E-state index in [0.717, 1.165) is 5.56 Å². The number of aryl methyl sites for hydroxylation is 1. The molecule has 1 amide bonds. The van der Waals surface area contributed by atoms with E-state index in [9.17, 15) is 14.0 Å². The second-order valence-corrected chi connectivity index (χ2v) is 5.99. The van der Waals surface area contributed by atoms with Crippen molar-refractivity contribution in [2.24, 2.45) is 0 Å². The lowest BCUT2D eigenvalue weighted by atomic mass is 10.3. The number of anilines is 1. The second kappa shape index (κ2) is 8.34. The van der Waals surface area contributed by atoms with Crippen molar-refractivity contribution in [1.82, 2.24) is 10.1 Å². The van der Waals surface area contributed by atoms with Crippen LogP contribution < -0.4 is 5.32 Å². The largest absolute Gasteiger partial charge is 0.456 e. The first-order valence-corrected chi connectivity index (χ1v) is 8.61. The predicted octanol–water partition coefficient (Wildman–Crippen LogP) is 3.05. The highest BCUT2D eigenvalue weighted by Crippen LogP contribution is 2.19. The number of ether oxygens (including phenoxy) is 1. The third kappa shape index (κ3) is 4.73. The fraction of sp³-hybridized carbons (Fsp3) is 0.176. The Morgan fingerprint density at radius 3 is 2.88 bits per heavy atom. The monoisotopic (exact) mass is 375 g/mol. The molecule has 0 saturated heterocycles. The van der Waals surface area contributed by atoms with Crippen LogP contribution >= 0.6 is 11.3 Å². The van der Waals surface area contributed by atoms with Gasteiger partial charge in [0, 0.05) is 17.4 Å². The lowest BCUT2D eigenvalue weighted by molar-refractivity contribution is -0.147. The van der Waals surface area contributed by atoms with Gasteiger partial charge in [-0.3, -0.25) is 9.59 Å². The maximum Gasteiger partial charge on any atom is 0.306 e. The number of carbonyl (C=O) groups is 2. The molecule has 0 fully saturated rings. The van der Waals surface area contributed by atoms with E-state index in [1.165, 1.54) is 29.5 Å². The first-order valence-electron chi connectivity index (χ1n) is 7.67. The van der Waals surface area contributed by atoms with Crippen LogP contribution in [0.4, 0.5) is 10.1 Å². The summed E-state index contributed by atoms with van der Waals surface area (Å²) in [4.78, 5) is 27.6. The summed E-state index contributed by atoms with van der Waals surface area (Å²) < 4.78 is 23.3. The number of rotatable bonds is 7. The quantitative estimate of drug-likeness (QED) is 0.638. The molecule has 0 radical (unpaired) electrons. The number of amides is 1. The van der Waals surface area contributed by atoms with Gasteiger partial charge in [-0.05, 0) is 23.6 Å². The molecule has 3 aromatic rings. The Labute approximate surface area is 151 Å². The molecule has 0 spiro atoms. The number of nitrogens with zero attached hydrogens (tertiary/aromatic N) is 2. The lowest BCUT2D eigenvalue weighted by Gasteiger charge is -2.06. The van der Waals surface area contributed by atoms with Gasteiger partial charge < -0.3 is 14.6 Å². The average Bonchev–Trinajstić information content (AvgIpc) is 3.31. The van der Waals surface area contributed by atoms with Crippen LogP contribution in [0.15, 0.2) is 45.6 Å². The van der Waals surface area contributed by atoms with E-state index < -0.39 is 24.3 Å². The Morgan fingerprint density at radius 1 is 1.27 bits per heavy atom. The number of halogens is 1. The fourth-order valence-corrected chi connectivity index (χ4v) is 2.68. The van der Waals surface area contributed by atoms with E-state index >= 15 is 0 Å². The van der Waals surface area contributed by atoms with E-state index in [1.807, 2.05) is 16.8 Å². The van der Waals surface area contributed by atoms with Gasteiger partial charge in [0.05, 0.1) is 12.1 Å². The molecular formula is C17H14FN3O4S. The van der Waals surface area contributed by atoms with Crippen molar-refractivity contribution in [2.45, 2.75) is 12.8 Å². The minimum absolute atomic E-state index is 0.0156. The Bertz CT molecular complexity index is 895. The SMILES string of the molecule is O=C(COC(=O)CCc1nc(-c2ccsc2)no1)Nc1ccccc1F. The number of esters is 1. The maximum atomic E-state index is 13.4. The van der Waals surface area contributed by atoms with Gasteiger partial charge in [-0.1, -0.05) is 17.3 Å². The van der Waals surface area contributed by atoms with Crippen molar-refractivity contribution in [3.63, 3.8) is 0 Å². The molecule has 2 heterocycles. The van der Waals surface area contributed by atoms with E-state index in [-0.39, 0.29) is 18.5 Å². The van der Waals surface area contributed by atoms with Crippen LogP contribution in [0, 0.1) is 5.82 Å². The summed E-state index contributed by atoms with van der Waals surface area (Å²) in [6, 6.07) is 7.58. The summed E-state index contributed by atoms with van der Waals surface area (Å²) in [5.74, 6) is -1.02. The first kappa shape index (κ1) is 17.7. The van der Waals surface area contributed by atoms with Crippen LogP contribution in [0.2, 0.25) is 0 Å². The van der Waals surface area contributed by atoms with Gasteiger partial charge in [-0.15, -0.1) is 0 Å². The van der Waals surface area contributed by atoms with Crippen molar-refractivity contribution in [3.8, 4) is 11.4 Å². The summed E-state index contributed by atoms with van der Waals surface area (Å²) in [6.07, 6.45) is 0.184. The standard InChI is InChI=1S/C17H14FN3O4S/c18-12-3-1-2-4-13(12)19-14(22)9-24-16(23)6-5-15-20-17(21-25-15)11-7-8-26-10-11/h1-4,7-8,10H,5-6,9H2,(H,19,22). The van der Waals surface area contributed by atoms with Crippen molar-refractivity contribution in [2.75, 3.05) is 11.9 Å². The van der Waals surface area contributed by atoms with E-state index in [4.69, 9.17) is 9.26 Å². The number of carbonyl (C=O) groups excluding carboxylic acids is 2. The molecule has 1 N–H and O–H groups in total. The number of benzene rings is 1. The molecule has 0 saturated carbocycles. The van der Waals surface area contributed by atoms with Crippen molar-refractivity contribution in [3.05, 3.63) is 52.8 Å². The maximum absolute atomic E-state index is 13.4. The number of nitrogens with one attached hydrogen (secondary N) is 1. The molecule has 2 aromatic heterocycles. The summed E-state index contributed by atoms with van der Waals surface area (Å²) in [6.45, 7) is -0.503. The van der Waals surface area contributed by atoms with E-state index in [2.05, 4.69) is 15.5 Å². The Hall–Kier alpha value is -3.07. The highest BCUT2D eigenvalue weighted by Gasteiger charge is 2.13. The number of hydrogen-bond acceptors (Lipinski definition) is 7. The Balaban J connectivity index is 1.42. The average molecular weight is 375 g/mol. The Morgan fingerprint density at radius 2 is 2.12 bits per heavy atom. The van der Waals surface area contributed by atoms with Gasteiger partial charge >= 0.3 is 5.97 Å². The zero-order chi connectivity index (χ0) is 18.4. The summed E-state index contributed by atoms with van der Waals surface area (Å²) in [5.41, 5.74) is 0.873. The molecule has 7 nitrogen and oxygen atoms in total. The van der Waals surface area contributed by atoms with Crippen LogP contribution in [-0.2, 0) is 20.7 Å². The molecule has 0 aliphatic rings. The molecule has 0 atom stereocenters. The van der Waals surface area contributed by atoms with Crippen LogP contribution in [0.25, 0.3) is 11.4 Å². The molecule has 26 heavy (non-hydrogen) atoms. The molecule has 0 aliphatic heterocycles. The Kier molecular flexibility index (Phi) is 5.69. The highest BCUT2D eigenvalue weighted by molar-refractivity contribution is 7.08. The predicted molar refractivity (Wildman–Crippen MR) is 91.9 cm³/mol. The van der Waals surface area contributed by atoms with Crippen molar-refractivity contribution in [1.29, 1.82) is 0 Å². The normalized spacial score (nSPS) is 10.5. The van der Waals surface area contributed by atoms with Gasteiger partial charge in [0.25, 0.3) is 5.91 Å². The fourth-order valence-electron chi connectivity index (χ4n) is 2.04. The van der Waals surface area contributed by atoms with Gasteiger partial charge in [0.15, 0.2) is 6.61 Å². The van der Waals surface area contributed by atoms with Gasteiger partial charge in [0.1, 0.15) is 5.82 Å². The minimum Gasteiger partial charge on any atom is -0.456 e. The molecule has 0 aliphatic carbocycles. The van der Waals surface area contributed by atoms with Gasteiger partial charge in [0.2, 0.25) is 11.7 Å². The lowest BCUT2D eigenvalue weighted by Crippen LogP contribution is -2.21. The summed E-state index contributed by atoms with van der Waals surface area (Å²) >= 11 is 1.52. The van der Waals surface area contributed by atoms with Gasteiger partial charge in [-0.2, -0.15) is 16.3 Å². The molecule has 0 bridgehead atoms. The van der Waals surface area contributed by atoms with Crippen molar-refractivity contribution < 1.29 is 23.2 Å². The topological polar surface area (TPSA) is 94.3 Å². The zero-order valence-corrected chi connectivity index (χ0v) is 14.3. The van der Waals surface area contributed by atoms with Crippen LogP contribution in [0.3, 0.4) is 0 Å². The molecular weight excluding hydrogens is 361 g/mol. The molecule has 3 rings (SSSR count).